The zero-order valence-electron chi connectivity index (χ0n) is 15.2. The van der Waals surface area contributed by atoms with Crippen LogP contribution in [-0.2, 0) is 17.8 Å². The second-order valence-corrected chi connectivity index (χ2v) is 8.89. The Morgan fingerprint density at radius 1 is 1.25 bits per heavy atom. The molecule has 0 bridgehead atoms. The van der Waals surface area contributed by atoms with Gasteiger partial charge in [0.05, 0.1) is 22.5 Å². The zero-order valence-corrected chi connectivity index (χ0v) is 17.6. The van der Waals surface area contributed by atoms with E-state index in [-0.39, 0.29) is 11.7 Å². The molecule has 0 fully saturated rings. The van der Waals surface area contributed by atoms with E-state index in [1.165, 1.54) is 28.0 Å². The molecule has 3 aromatic heterocycles. The van der Waals surface area contributed by atoms with Gasteiger partial charge in [0.2, 0.25) is 11.1 Å². The lowest BCUT2D eigenvalue weighted by Crippen LogP contribution is -2.32. The Kier molecular flexibility index (Phi) is 5.98. The molecule has 0 aliphatic heterocycles. The maximum atomic E-state index is 12.8. The van der Waals surface area contributed by atoms with Crippen molar-refractivity contribution in [2.75, 3.05) is 17.2 Å². The molecule has 0 saturated carbocycles. The molecule has 7 nitrogen and oxygen atoms in total. The number of benzene rings is 1. The fourth-order valence-corrected chi connectivity index (χ4v) is 5.23. The monoisotopic (exact) mass is 430 g/mol. The standard InChI is InChI=1S/C18H18N6OS3/c1-2-23(17-19-14-7-3-4-8-15(14)28-17)16(25)12-27-18-20-21-22-24(18)10-9-13-6-5-11-26-13/h3-8,11H,2,9-10,12H2,1H3. The van der Waals surface area contributed by atoms with Crippen molar-refractivity contribution in [2.45, 2.75) is 25.0 Å². The van der Waals surface area contributed by atoms with E-state index in [1.54, 1.807) is 20.9 Å². The smallest absolute Gasteiger partial charge is 0.239 e. The van der Waals surface area contributed by atoms with Gasteiger partial charge in [-0.25, -0.2) is 9.67 Å². The maximum Gasteiger partial charge on any atom is 0.239 e. The number of thiophene rings is 1. The Balaban J connectivity index is 1.40. The molecule has 0 saturated heterocycles. The first-order valence-electron chi connectivity index (χ1n) is 8.82. The highest BCUT2D eigenvalue weighted by atomic mass is 32.2. The van der Waals surface area contributed by atoms with Crippen LogP contribution in [0.15, 0.2) is 46.9 Å². The largest absolute Gasteiger partial charge is 0.288 e. The number of hydrogen-bond acceptors (Lipinski definition) is 8. The number of hydrogen-bond donors (Lipinski definition) is 0. The van der Waals surface area contributed by atoms with Crippen LogP contribution in [0.1, 0.15) is 11.8 Å². The van der Waals surface area contributed by atoms with Gasteiger partial charge in [0.25, 0.3) is 0 Å². The molecule has 0 aliphatic carbocycles. The van der Waals surface area contributed by atoms with Crippen molar-refractivity contribution in [3.8, 4) is 0 Å². The summed E-state index contributed by atoms with van der Waals surface area (Å²) in [6, 6.07) is 12.1. The van der Waals surface area contributed by atoms with Gasteiger partial charge >= 0.3 is 0 Å². The summed E-state index contributed by atoms with van der Waals surface area (Å²) in [5.74, 6) is 0.266. The van der Waals surface area contributed by atoms with Gasteiger partial charge < -0.3 is 0 Å². The van der Waals surface area contributed by atoms with Gasteiger partial charge in [-0.05, 0) is 40.9 Å². The average molecular weight is 431 g/mol. The van der Waals surface area contributed by atoms with Crippen LogP contribution in [0.3, 0.4) is 0 Å². The van der Waals surface area contributed by atoms with Crippen LogP contribution in [0, 0.1) is 0 Å². The van der Waals surface area contributed by atoms with Crippen molar-refractivity contribution in [2.24, 2.45) is 0 Å². The summed E-state index contributed by atoms with van der Waals surface area (Å²) < 4.78 is 2.83. The van der Waals surface area contributed by atoms with E-state index in [1.807, 2.05) is 37.3 Å². The zero-order chi connectivity index (χ0) is 19.3. The number of tetrazole rings is 1. The van der Waals surface area contributed by atoms with Gasteiger partial charge in [-0.1, -0.05) is 41.3 Å². The Morgan fingerprint density at radius 2 is 2.14 bits per heavy atom. The minimum absolute atomic E-state index is 0.000590. The minimum atomic E-state index is -0.000590. The predicted octanol–water partition coefficient (Wildman–Crippen LogP) is 3.73. The maximum absolute atomic E-state index is 12.8. The number of aryl methyl sites for hydroxylation is 2. The number of amides is 1. The number of carbonyl (C=O) groups is 1. The SMILES string of the molecule is CCN(C(=O)CSc1nnnn1CCc1cccs1)c1nc2ccccc2s1. The van der Waals surface area contributed by atoms with E-state index >= 15 is 0 Å². The third-order valence-electron chi connectivity index (χ3n) is 4.10. The normalized spacial score (nSPS) is 11.2. The summed E-state index contributed by atoms with van der Waals surface area (Å²) in [5.41, 5.74) is 0.916. The molecule has 0 unspecified atom stereocenters. The third kappa shape index (κ3) is 4.23. The highest BCUT2D eigenvalue weighted by Gasteiger charge is 2.19. The molecule has 4 rings (SSSR count). The predicted molar refractivity (Wildman–Crippen MR) is 114 cm³/mol. The molecule has 0 N–H and O–H groups in total. The van der Waals surface area contributed by atoms with Crippen LogP contribution in [0.25, 0.3) is 10.2 Å². The molecule has 1 amide bonds. The molecule has 0 spiro atoms. The summed E-state index contributed by atoms with van der Waals surface area (Å²) >= 11 is 4.61. The molecule has 10 heteroatoms. The number of nitrogens with zero attached hydrogens (tertiary/aromatic N) is 6. The summed E-state index contributed by atoms with van der Waals surface area (Å²) in [4.78, 5) is 20.4. The van der Waals surface area contributed by atoms with Crippen LogP contribution < -0.4 is 4.90 Å². The summed E-state index contributed by atoms with van der Waals surface area (Å²) in [7, 11) is 0. The van der Waals surface area contributed by atoms with Crippen molar-refractivity contribution >= 4 is 55.7 Å². The number of rotatable bonds is 8. The number of anilines is 1. The lowest BCUT2D eigenvalue weighted by atomic mass is 10.3. The Morgan fingerprint density at radius 3 is 2.93 bits per heavy atom. The second kappa shape index (κ2) is 8.80. The first-order valence-corrected chi connectivity index (χ1v) is 11.5. The van der Waals surface area contributed by atoms with Crippen molar-refractivity contribution in [3.05, 3.63) is 46.7 Å². The topological polar surface area (TPSA) is 76.8 Å². The van der Waals surface area contributed by atoms with Gasteiger partial charge in [-0.15, -0.1) is 16.4 Å². The summed E-state index contributed by atoms with van der Waals surface area (Å²) in [6.07, 6.45) is 0.872. The molecule has 4 aromatic rings. The summed E-state index contributed by atoms with van der Waals surface area (Å²) in [5, 5.41) is 15.3. The second-order valence-electron chi connectivity index (χ2n) is 5.90. The van der Waals surface area contributed by atoms with Crippen LogP contribution in [0.5, 0.6) is 0 Å². The van der Waals surface area contributed by atoms with Crippen molar-refractivity contribution in [1.82, 2.24) is 25.2 Å². The molecule has 3 heterocycles. The van der Waals surface area contributed by atoms with Crippen molar-refractivity contribution < 1.29 is 4.79 Å². The average Bonchev–Trinajstić information content (AvgIpc) is 3.45. The van der Waals surface area contributed by atoms with E-state index < -0.39 is 0 Å². The van der Waals surface area contributed by atoms with Gasteiger partial charge in [0.1, 0.15) is 0 Å². The number of thioether (sulfide) groups is 1. The number of aromatic nitrogens is 5. The van der Waals surface area contributed by atoms with Gasteiger partial charge in [-0.3, -0.25) is 9.69 Å². The number of para-hydroxylation sites is 1. The van der Waals surface area contributed by atoms with E-state index in [0.717, 1.165) is 21.8 Å². The Bertz CT molecular complexity index is 1030. The van der Waals surface area contributed by atoms with Crippen molar-refractivity contribution in [1.29, 1.82) is 0 Å². The van der Waals surface area contributed by atoms with Gasteiger partial charge in [0, 0.05) is 17.8 Å². The number of thiazole rings is 1. The summed E-state index contributed by atoms with van der Waals surface area (Å²) in [6.45, 7) is 3.22. The van der Waals surface area contributed by atoms with E-state index in [4.69, 9.17) is 0 Å². The highest BCUT2D eigenvalue weighted by Crippen LogP contribution is 2.29. The van der Waals surface area contributed by atoms with Crippen LogP contribution in [-0.4, -0.2) is 43.4 Å². The van der Waals surface area contributed by atoms with Gasteiger partial charge in [-0.2, -0.15) is 0 Å². The lowest BCUT2D eigenvalue weighted by molar-refractivity contribution is -0.116. The van der Waals surface area contributed by atoms with E-state index in [0.29, 0.717) is 18.2 Å². The van der Waals surface area contributed by atoms with Crippen LogP contribution >= 0.6 is 34.4 Å². The van der Waals surface area contributed by atoms with Crippen LogP contribution in [0.2, 0.25) is 0 Å². The molecule has 0 aliphatic rings. The number of fused-ring (bicyclic) bond motifs is 1. The highest BCUT2D eigenvalue weighted by molar-refractivity contribution is 7.99. The quantitative estimate of drug-likeness (QED) is 0.397. The fourth-order valence-electron chi connectivity index (χ4n) is 2.71. The van der Waals surface area contributed by atoms with Crippen LogP contribution in [0.4, 0.5) is 5.13 Å². The molecular formula is C18H18N6OS3. The minimum Gasteiger partial charge on any atom is -0.288 e. The molecule has 144 valence electrons. The fraction of sp³-hybridized carbons (Fsp3) is 0.278. The Labute approximate surface area is 174 Å². The lowest BCUT2D eigenvalue weighted by Gasteiger charge is -2.17. The van der Waals surface area contributed by atoms with E-state index in [9.17, 15) is 4.79 Å². The Hall–Kier alpha value is -2.30. The molecule has 0 atom stereocenters. The molecule has 0 radical (unpaired) electrons. The molecular weight excluding hydrogens is 412 g/mol. The third-order valence-corrected chi connectivity index (χ3v) is 7.04. The first kappa shape index (κ1) is 19.0. The van der Waals surface area contributed by atoms with E-state index in [2.05, 4.69) is 32.0 Å². The van der Waals surface area contributed by atoms with Gasteiger partial charge in [0.15, 0.2) is 5.13 Å². The molecule has 1 aromatic carbocycles. The first-order chi connectivity index (χ1) is 13.7. The molecule has 28 heavy (non-hydrogen) atoms. The number of carbonyl (C=O) groups excluding carboxylic acids is 1. The van der Waals surface area contributed by atoms with Crippen molar-refractivity contribution in [3.63, 3.8) is 0 Å².